The zero-order valence-corrected chi connectivity index (χ0v) is 32.3. The predicted octanol–water partition coefficient (Wildman–Crippen LogP) is 5.44. The molecule has 2 fully saturated rings. The van der Waals surface area contributed by atoms with Crippen molar-refractivity contribution >= 4 is 35.2 Å². The number of benzene rings is 1. The third-order valence-electron chi connectivity index (χ3n) is 8.71. The SMILES string of the molecule is COC(=O)C1O[C@@H](Oc2ccc(C[C@@H](c3ccc(OC(F)F)c(OC4CC4)c3)c3cnc(C(O)(C(F)(F)F)C(F)(F)F)s3)cn2)C(OC(C)=O)[C@H](OC(C)=O)[C@@H]1OC(C)=O. The first-order chi connectivity index (χ1) is 28.0. The Bertz CT molecular complexity index is 2010. The zero-order valence-electron chi connectivity index (χ0n) is 31.5. The van der Waals surface area contributed by atoms with Crippen LogP contribution in [0.4, 0.5) is 35.1 Å². The highest BCUT2D eigenvalue weighted by atomic mass is 32.1. The molecule has 24 heteroatoms. The van der Waals surface area contributed by atoms with Gasteiger partial charge in [-0.05, 0) is 42.5 Å². The average Bonchev–Trinajstić information content (AvgIpc) is 3.83. The molecule has 15 nitrogen and oxygen atoms in total. The van der Waals surface area contributed by atoms with Crippen molar-refractivity contribution in [2.24, 2.45) is 0 Å². The van der Waals surface area contributed by atoms with Gasteiger partial charge in [0.1, 0.15) is 5.01 Å². The van der Waals surface area contributed by atoms with Crippen LogP contribution in [0.25, 0.3) is 0 Å². The summed E-state index contributed by atoms with van der Waals surface area (Å²) in [5.41, 5.74) is -4.96. The Balaban J connectivity index is 1.51. The lowest BCUT2D eigenvalue weighted by molar-refractivity contribution is -0.376. The van der Waals surface area contributed by atoms with Gasteiger partial charge < -0.3 is 43.0 Å². The lowest BCUT2D eigenvalue weighted by Gasteiger charge is -2.42. The van der Waals surface area contributed by atoms with Gasteiger partial charge in [0.25, 0.3) is 0 Å². The number of rotatable bonds is 15. The predicted molar refractivity (Wildman–Crippen MR) is 183 cm³/mol. The van der Waals surface area contributed by atoms with Crippen LogP contribution in [0.5, 0.6) is 17.4 Å². The summed E-state index contributed by atoms with van der Waals surface area (Å²) in [6.07, 6.45) is -18.8. The van der Waals surface area contributed by atoms with Crippen LogP contribution in [0.15, 0.2) is 42.7 Å². The first-order valence-corrected chi connectivity index (χ1v) is 18.3. The van der Waals surface area contributed by atoms with Crippen LogP contribution in [0.3, 0.4) is 0 Å². The van der Waals surface area contributed by atoms with Crippen molar-refractivity contribution < 1.29 is 97.3 Å². The van der Waals surface area contributed by atoms with Gasteiger partial charge in [0.2, 0.25) is 18.3 Å². The van der Waals surface area contributed by atoms with Crippen LogP contribution < -0.4 is 14.2 Å². The number of aliphatic hydroxyl groups is 1. The van der Waals surface area contributed by atoms with Crippen LogP contribution in [-0.4, -0.2) is 102 Å². The summed E-state index contributed by atoms with van der Waals surface area (Å²) < 4.78 is 152. The summed E-state index contributed by atoms with van der Waals surface area (Å²) in [5, 5.41) is 8.31. The molecule has 60 heavy (non-hydrogen) atoms. The largest absolute Gasteiger partial charge is 0.487 e. The summed E-state index contributed by atoms with van der Waals surface area (Å²) in [4.78, 5) is 56.2. The Hall–Kier alpha value is -5.36. The van der Waals surface area contributed by atoms with Crippen LogP contribution in [0.1, 0.15) is 60.5 Å². The lowest BCUT2D eigenvalue weighted by atomic mass is 9.91. The number of thiazole rings is 1. The molecule has 5 rings (SSSR count). The number of halogens is 8. The van der Waals surface area contributed by atoms with E-state index in [1.165, 1.54) is 24.3 Å². The molecule has 1 aliphatic carbocycles. The van der Waals surface area contributed by atoms with Gasteiger partial charge in [-0.1, -0.05) is 12.1 Å². The number of hydrogen-bond donors (Lipinski definition) is 1. The van der Waals surface area contributed by atoms with Gasteiger partial charge >= 0.3 is 48.4 Å². The van der Waals surface area contributed by atoms with E-state index in [2.05, 4.69) is 14.7 Å². The van der Waals surface area contributed by atoms with Crippen LogP contribution in [0, 0.1) is 0 Å². The molecule has 1 saturated heterocycles. The second kappa shape index (κ2) is 18.1. The van der Waals surface area contributed by atoms with E-state index >= 15 is 0 Å². The summed E-state index contributed by atoms with van der Waals surface area (Å²) >= 11 is -0.0947. The van der Waals surface area contributed by atoms with E-state index in [0.29, 0.717) is 19.0 Å². The number of hydrogen-bond acceptors (Lipinski definition) is 16. The van der Waals surface area contributed by atoms with Gasteiger partial charge in [0.15, 0.2) is 29.8 Å². The third kappa shape index (κ3) is 10.5. The molecule has 328 valence electrons. The maximum atomic E-state index is 13.8. The number of methoxy groups -OCH3 is 1. The fourth-order valence-electron chi connectivity index (χ4n) is 5.92. The Morgan fingerprint density at radius 3 is 1.98 bits per heavy atom. The minimum atomic E-state index is -6.23. The smallest absolute Gasteiger partial charge is 0.433 e. The van der Waals surface area contributed by atoms with Gasteiger partial charge in [-0.2, -0.15) is 35.1 Å². The summed E-state index contributed by atoms with van der Waals surface area (Å²) in [5.74, 6) is -6.02. The number of carbonyl (C=O) groups excluding carboxylic acids is 4. The molecule has 2 aliphatic rings. The van der Waals surface area contributed by atoms with E-state index in [0.717, 1.165) is 40.1 Å². The van der Waals surface area contributed by atoms with Crippen molar-refractivity contribution in [2.75, 3.05) is 7.11 Å². The average molecular weight is 887 g/mol. The van der Waals surface area contributed by atoms with E-state index in [-0.39, 0.29) is 51.5 Å². The van der Waals surface area contributed by atoms with Crippen molar-refractivity contribution in [2.45, 2.75) is 107 Å². The normalized spacial score (nSPS) is 21.4. The molecule has 0 amide bonds. The number of nitrogens with zero attached hydrogens (tertiary/aromatic N) is 2. The topological polar surface area (TPSA) is 188 Å². The van der Waals surface area contributed by atoms with Crippen molar-refractivity contribution in [1.82, 2.24) is 9.97 Å². The van der Waals surface area contributed by atoms with Gasteiger partial charge in [0.05, 0.1) is 13.2 Å². The number of ether oxygens (including phenoxy) is 8. The molecular weight excluding hydrogens is 852 g/mol. The summed E-state index contributed by atoms with van der Waals surface area (Å²) in [6.45, 7) is -0.329. The maximum absolute atomic E-state index is 13.8. The highest BCUT2D eigenvalue weighted by Gasteiger charge is 2.73. The monoisotopic (exact) mass is 886 g/mol. The molecule has 6 atom stereocenters. The minimum absolute atomic E-state index is 0.0947. The Kier molecular flexibility index (Phi) is 13.8. The van der Waals surface area contributed by atoms with Crippen LogP contribution in [-0.2, 0) is 54.9 Å². The maximum Gasteiger partial charge on any atom is 0.433 e. The number of alkyl halides is 8. The van der Waals surface area contributed by atoms with Crippen molar-refractivity contribution in [3.8, 4) is 17.4 Å². The number of pyridine rings is 1. The molecule has 0 radical (unpaired) electrons. The molecule has 3 aromatic rings. The molecule has 0 bridgehead atoms. The first-order valence-electron chi connectivity index (χ1n) is 17.5. The summed E-state index contributed by atoms with van der Waals surface area (Å²) in [7, 11) is 0.977. The van der Waals surface area contributed by atoms with E-state index < -0.39 is 95.8 Å². The van der Waals surface area contributed by atoms with Gasteiger partial charge in [-0.3, -0.25) is 14.4 Å². The fraction of sp³-hybridized carbons (Fsp3) is 0.500. The Morgan fingerprint density at radius 2 is 1.45 bits per heavy atom. The molecule has 2 aromatic heterocycles. The summed E-state index contributed by atoms with van der Waals surface area (Å²) in [6, 6.07) is 6.12. The molecule has 3 heterocycles. The van der Waals surface area contributed by atoms with E-state index in [1.54, 1.807) is 0 Å². The molecule has 1 saturated carbocycles. The molecule has 2 unspecified atom stereocenters. The number of aromatic nitrogens is 2. The van der Waals surface area contributed by atoms with Crippen molar-refractivity contribution in [3.05, 3.63) is 63.7 Å². The Labute approximate surface area is 337 Å². The van der Waals surface area contributed by atoms with Crippen LogP contribution >= 0.6 is 11.3 Å². The van der Waals surface area contributed by atoms with Gasteiger partial charge in [0, 0.05) is 50.0 Å². The van der Waals surface area contributed by atoms with Crippen molar-refractivity contribution in [3.63, 3.8) is 0 Å². The second-order valence-corrected chi connectivity index (χ2v) is 14.3. The van der Waals surface area contributed by atoms with Gasteiger partial charge in [-0.15, -0.1) is 11.3 Å². The highest BCUT2D eigenvalue weighted by molar-refractivity contribution is 7.11. The number of esters is 4. The second-order valence-electron chi connectivity index (χ2n) is 13.2. The highest BCUT2D eigenvalue weighted by Crippen LogP contribution is 2.52. The van der Waals surface area contributed by atoms with Gasteiger partial charge in [-0.25, -0.2) is 14.8 Å². The first kappa shape index (κ1) is 45.7. The molecule has 1 aromatic carbocycles. The molecule has 0 spiro atoms. The van der Waals surface area contributed by atoms with Crippen molar-refractivity contribution in [1.29, 1.82) is 0 Å². The van der Waals surface area contributed by atoms with E-state index in [1.807, 2.05) is 0 Å². The fourth-order valence-corrected chi connectivity index (χ4v) is 7.10. The van der Waals surface area contributed by atoms with E-state index in [4.69, 9.17) is 33.2 Å². The standard InChI is InChI=1S/C36H34F8N2O13S/c1-15(47)53-26-27(54-16(2)48)29(55-17(3)49)31(59-28(26)30(50)52-4)58-25-10-5-18(13-45-25)11-21(19-6-9-22(57-33(37)38)23(12-19)56-20-7-8-20)24-14-46-32(60-24)34(51,35(39,40)41)36(42,43)44/h5-6,9-10,12-14,20-21,26-29,31,33,51H,7-8,11H2,1-4H3/t21-,26-,27+,28?,29?,31+/m0/s1. The minimum Gasteiger partial charge on any atom is -0.487 e. The molecule has 1 N–H and O–H groups in total. The molecule has 1 aliphatic heterocycles. The Morgan fingerprint density at radius 1 is 0.833 bits per heavy atom. The number of carbonyl (C=O) groups is 4. The zero-order chi connectivity index (χ0) is 44.3. The lowest BCUT2D eigenvalue weighted by Crippen LogP contribution is -2.64. The molecular formula is C36H34F8N2O13S. The quantitative estimate of drug-likeness (QED) is 0.115. The van der Waals surface area contributed by atoms with E-state index in [9.17, 15) is 59.4 Å². The van der Waals surface area contributed by atoms with Crippen LogP contribution in [0.2, 0.25) is 0 Å². The third-order valence-corrected chi connectivity index (χ3v) is 9.93.